The number of benzene rings is 4. The zero-order valence-electron chi connectivity index (χ0n) is 29.7. The van der Waals surface area contributed by atoms with E-state index in [0.29, 0.717) is 35.7 Å². The van der Waals surface area contributed by atoms with Crippen LogP contribution in [0, 0.1) is 35.1 Å². The van der Waals surface area contributed by atoms with Crippen LogP contribution in [-0.2, 0) is 29.2 Å². The van der Waals surface area contributed by atoms with Crippen LogP contribution in [0.15, 0.2) is 82.6 Å². The molecule has 0 bridgehead atoms. The average molecular weight is 858 g/mol. The van der Waals surface area contributed by atoms with Gasteiger partial charge in [-0.1, -0.05) is 23.2 Å². The molecule has 4 aromatic carbocycles. The van der Waals surface area contributed by atoms with E-state index in [0.717, 1.165) is 24.3 Å². The van der Waals surface area contributed by atoms with Gasteiger partial charge < -0.3 is 19.7 Å². The first-order valence-electron chi connectivity index (χ1n) is 18.1. The van der Waals surface area contributed by atoms with Crippen molar-refractivity contribution >= 4 is 42.9 Å². The topological polar surface area (TPSA) is 127 Å². The van der Waals surface area contributed by atoms with Gasteiger partial charge >= 0.3 is 0 Å². The number of sulfone groups is 2. The van der Waals surface area contributed by atoms with Crippen molar-refractivity contribution in [2.45, 2.75) is 82.9 Å². The molecule has 2 fully saturated rings. The smallest absolute Gasteiger partial charge is 0.188 e. The lowest BCUT2D eigenvalue weighted by Crippen LogP contribution is -2.48. The first kappa shape index (κ1) is 40.8. The summed E-state index contributed by atoms with van der Waals surface area (Å²) in [7, 11) is -8.31. The highest BCUT2D eigenvalue weighted by atomic mass is 35.5. The maximum Gasteiger partial charge on any atom is 0.188 e. The maximum atomic E-state index is 15.0. The number of halogens is 6. The fourth-order valence-corrected chi connectivity index (χ4v) is 14.0. The molecule has 6 atom stereocenters. The van der Waals surface area contributed by atoms with Crippen LogP contribution in [0.2, 0.25) is 10.0 Å². The quantitative estimate of drug-likeness (QED) is 0.196. The lowest BCUT2D eigenvalue weighted by molar-refractivity contribution is 0.146. The van der Waals surface area contributed by atoms with Gasteiger partial charge in [0.1, 0.15) is 21.1 Å². The van der Waals surface area contributed by atoms with Crippen LogP contribution in [0.5, 0.6) is 11.5 Å². The van der Waals surface area contributed by atoms with E-state index in [1.54, 1.807) is 0 Å². The van der Waals surface area contributed by atoms with Crippen molar-refractivity contribution in [2.24, 2.45) is 11.8 Å². The molecule has 0 aromatic heterocycles. The molecule has 2 aliphatic heterocycles. The highest BCUT2D eigenvalue weighted by Gasteiger charge is 2.59. The summed E-state index contributed by atoms with van der Waals surface area (Å²) in [5, 5.41) is 21.1. The number of aliphatic hydroxyl groups excluding tert-OH is 2. The van der Waals surface area contributed by atoms with Gasteiger partial charge in [0.2, 0.25) is 0 Å². The molecule has 2 heterocycles. The van der Waals surface area contributed by atoms with Crippen LogP contribution >= 0.6 is 23.2 Å². The second-order valence-corrected chi connectivity index (χ2v) is 20.0. The molecule has 8 nitrogen and oxygen atoms in total. The van der Waals surface area contributed by atoms with Gasteiger partial charge in [0.15, 0.2) is 42.8 Å². The number of fused-ring (bicyclic) bond motifs is 6. The molecule has 2 aliphatic carbocycles. The van der Waals surface area contributed by atoms with Crippen molar-refractivity contribution in [3.8, 4) is 11.5 Å². The van der Waals surface area contributed by atoms with Gasteiger partial charge in [-0.25, -0.2) is 34.4 Å². The average Bonchev–Trinajstić information content (AvgIpc) is 3.47. The standard InChI is InChI=1S/2C20H19ClF2O4S/c2*21-13-2-5-15(6-3-13)28(25,26)20-10-9-14(24)4-1-12(20)11-27-19-17(23)8-7-16(22)18(19)20/h2*2-3,5-8,12,14,24H,1,4,9-11H2/t12?,14-,20+;12?,14-,20-/m01/s1. The minimum Gasteiger partial charge on any atom is -0.490 e. The van der Waals surface area contributed by atoms with E-state index >= 15 is 8.78 Å². The van der Waals surface area contributed by atoms with E-state index in [1.807, 2.05) is 0 Å². The van der Waals surface area contributed by atoms with Crippen LogP contribution in [0.4, 0.5) is 17.6 Å². The molecule has 4 aromatic rings. The molecule has 0 spiro atoms. The van der Waals surface area contributed by atoms with Gasteiger partial charge in [-0.3, -0.25) is 0 Å². The SMILES string of the molecule is O=S(=O)(c1ccc(Cl)cc1)[C@]12CC[C@@H](O)CCC1COc1c(F)ccc(F)c12.O=S(=O)(c1ccc(Cl)cc1)[C@]12CC[C@H](O)CCC1COc1c(F)ccc(F)c12. The summed E-state index contributed by atoms with van der Waals surface area (Å²) < 4.78 is 122. The Hall–Kier alpha value is -3.40. The number of rotatable bonds is 4. The lowest BCUT2D eigenvalue weighted by atomic mass is 9.79. The van der Waals surface area contributed by atoms with Crippen LogP contribution in [0.1, 0.15) is 62.5 Å². The summed E-state index contributed by atoms with van der Waals surface area (Å²) in [6.07, 6.45) is 0.257. The number of aliphatic hydroxyl groups is 2. The Morgan fingerprint density at radius 2 is 0.857 bits per heavy atom. The zero-order valence-corrected chi connectivity index (χ0v) is 32.9. The fraction of sp³-hybridized carbons (Fsp3) is 0.400. The molecule has 16 heteroatoms. The van der Waals surface area contributed by atoms with Gasteiger partial charge in [-0.2, -0.15) is 0 Å². The van der Waals surface area contributed by atoms with Crippen molar-refractivity contribution < 1.29 is 54.1 Å². The molecule has 0 saturated heterocycles. The molecule has 300 valence electrons. The third-order valence-corrected chi connectivity index (χ3v) is 17.4. The predicted octanol–water partition coefficient (Wildman–Crippen LogP) is 8.46. The molecular formula is C40H38Cl2F4O8S2. The third-order valence-electron chi connectivity index (χ3n) is 11.7. The van der Waals surface area contributed by atoms with Crippen molar-refractivity contribution in [2.75, 3.05) is 13.2 Å². The normalized spacial score (nSPS) is 27.3. The fourth-order valence-electron chi connectivity index (χ4n) is 8.94. The first-order valence-corrected chi connectivity index (χ1v) is 21.9. The Kier molecular flexibility index (Phi) is 11.2. The monoisotopic (exact) mass is 856 g/mol. The predicted molar refractivity (Wildman–Crippen MR) is 200 cm³/mol. The Morgan fingerprint density at radius 1 is 0.518 bits per heavy atom. The van der Waals surface area contributed by atoms with E-state index in [2.05, 4.69) is 0 Å². The largest absolute Gasteiger partial charge is 0.490 e. The van der Waals surface area contributed by atoms with Crippen molar-refractivity contribution in [1.29, 1.82) is 0 Å². The maximum absolute atomic E-state index is 15.0. The highest BCUT2D eigenvalue weighted by Crippen LogP contribution is 2.57. The minimum atomic E-state index is -4.16. The minimum absolute atomic E-state index is 0.0187. The summed E-state index contributed by atoms with van der Waals surface area (Å²) in [6.45, 7) is -0.125. The molecule has 2 N–H and O–H groups in total. The van der Waals surface area contributed by atoms with Crippen molar-refractivity contribution in [3.63, 3.8) is 0 Å². The van der Waals surface area contributed by atoms with Crippen LogP contribution in [-0.4, -0.2) is 52.5 Å². The molecular weight excluding hydrogens is 819 g/mol. The first-order chi connectivity index (χ1) is 26.5. The van der Waals surface area contributed by atoms with Crippen molar-refractivity contribution in [3.05, 3.63) is 117 Å². The second kappa shape index (κ2) is 15.4. The van der Waals surface area contributed by atoms with Gasteiger partial charge in [-0.05, 0) is 124 Å². The van der Waals surface area contributed by atoms with Crippen LogP contribution in [0.3, 0.4) is 0 Å². The Bertz CT molecular complexity index is 2180. The Labute approximate surface area is 332 Å². The lowest BCUT2D eigenvalue weighted by Gasteiger charge is -2.43. The Balaban J connectivity index is 0.000000172. The molecule has 0 amide bonds. The Morgan fingerprint density at radius 3 is 1.21 bits per heavy atom. The summed E-state index contributed by atoms with van der Waals surface area (Å²) in [4.78, 5) is -0.0374. The van der Waals surface area contributed by atoms with E-state index in [-0.39, 0.29) is 71.3 Å². The van der Waals surface area contributed by atoms with E-state index in [9.17, 15) is 35.8 Å². The van der Waals surface area contributed by atoms with Crippen molar-refractivity contribution in [1.82, 2.24) is 0 Å². The molecule has 4 aliphatic rings. The summed E-state index contributed by atoms with van der Waals surface area (Å²) in [6, 6.07) is 15.0. The van der Waals surface area contributed by atoms with E-state index in [4.69, 9.17) is 32.7 Å². The zero-order chi connectivity index (χ0) is 40.2. The van der Waals surface area contributed by atoms with E-state index < -0.39 is 76.5 Å². The third kappa shape index (κ3) is 6.67. The van der Waals surface area contributed by atoms with Gasteiger partial charge in [-0.15, -0.1) is 0 Å². The molecule has 0 radical (unpaired) electrons. The van der Waals surface area contributed by atoms with E-state index in [1.165, 1.54) is 48.5 Å². The van der Waals surface area contributed by atoms with Gasteiger partial charge in [0.25, 0.3) is 0 Å². The van der Waals surface area contributed by atoms with Gasteiger partial charge in [0.05, 0.1) is 46.3 Å². The number of hydrogen-bond acceptors (Lipinski definition) is 8. The second-order valence-electron chi connectivity index (χ2n) is 14.7. The highest BCUT2D eigenvalue weighted by molar-refractivity contribution is 7.92. The molecule has 2 saturated carbocycles. The summed E-state index contributed by atoms with van der Waals surface area (Å²) in [5.74, 6) is -5.20. The summed E-state index contributed by atoms with van der Waals surface area (Å²) >= 11 is 11.8. The number of ether oxygens (including phenoxy) is 2. The van der Waals surface area contributed by atoms with Gasteiger partial charge in [0, 0.05) is 21.9 Å². The van der Waals surface area contributed by atoms with Crippen LogP contribution < -0.4 is 9.47 Å². The number of hydrogen-bond donors (Lipinski definition) is 2. The molecule has 8 rings (SSSR count). The molecule has 56 heavy (non-hydrogen) atoms. The molecule has 2 unspecified atom stereocenters. The summed E-state index contributed by atoms with van der Waals surface area (Å²) in [5.41, 5.74) is -0.541. The van der Waals surface area contributed by atoms with Crippen LogP contribution in [0.25, 0.3) is 0 Å².